The molecule has 0 spiro atoms. The van der Waals surface area contributed by atoms with E-state index in [-0.39, 0.29) is 18.5 Å². The highest BCUT2D eigenvalue weighted by atomic mass is 32.3. The van der Waals surface area contributed by atoms with Gasteiger partial charge in [0.2, 0.25) is 5.91 Å². The fraction of sp³-hybridized carbons (Fsp3) is 0.867. The van der Waals surface area contributed by atoms with Crippen molar-refractivity contribution in [3.05, 3.63) is 0 Å². The Morgan fingerprint density at radius 1 is 1.27 bits per heavy atom. The normalized spacial score (nSPS) is 37.0. The van der Waals surface area contributed by atoms with E-state index in [2.05, 4.69) is 14.9 Å². The molecule has 4 bridgehead atoms. The van der Waals surface area contributed by atoms with E-state index in [1.54, 1.807) is 0 Å². The molecule has 4 heterocycles. The minimum absolute atomic E-state index is 0.108. The standard InChI is InChI=1S/C15H24N4O6S/c20-14(17-12-6-10-3-1-2-9(12)7-16-10)13-5-4-11-8-18(13)15(21)19(11)25-26(22,23)24/h9-13,16H,1-8H2,(H,17,20)(H,22,23,24)/t9?,10?,11-,12?,13+/m1/s1. The van der Waals surface area contributed by atoms with Crippen LogP contribution in [0.2, 0.25) is 0 Å². The molecule has 1 saturated carbocycles. The summed E-state index contributed by atoms with van der Waals surface area (Å²) in [5, 5.41) is 7.30. The van der Waals surface area contributed by atoms with Crippen LogP contribution in [0.25, 0.3) is 0 Å². The number of hydrogen-bond donors (Lipinski definition) is 3. The van der Waals surface area contributed by atoms with Crippen LogP contribution in [0.3, 0.4) is 0 Å². The van der Waals surface area contributed by atoms with Crippen molar-refractivity contribution in [3.8, 4) is 0 Å². The van der Waals surface area contributed by atoms with E-state index in [1.807, 2.05) is 0 Å². The molecule has 0 aromatic heterocycles. The van der Waals surface area contributed by atoms with Crippen LogP contribution < -0.4 is 10.6 Å². The zero-order valence-electron chi connectivity index (χ0n) is 14.3. The van der Waals surface area contributed by atoms with Gasteiger partial charge in [0.15, 0.2) is 0 Å². The Morgan fingerprint density at radius 3 is 2.85 bits per heavy atom. The lowest BCUT2D eigenvalue weighted by Gasteiger charge is -2.36. The molecule has 3 amide bonds. The van der Waals surface area contributed by atoms with Crippen LogP contribution in [0.1, 0.15) is 38.5 Å². The highest BCUT2D eigenvalue weighted by molar-refractivity contribution is 7.80. The van der Waals surface area contributed by atoms with Crippen LogP contribution in [0, 0.1) is 5.92 Å². The number of rotatable bonds is 4. The lowest BCUT2D eigenvalue weighted by molar-refractivity contribution is -0.127. The smallest absolute Gasteiger partial charge is 0.351 e. The van der Waals surface area contributed by atoms with E-state index < -0.39 is 28.5 Å². The third kappa shape index (κ3) is 3.40. The van der Waals surface area contributed by atoms with Crippen molar-refractivity contribution in [2.75, 3.05) is 13.1 Å². The molecule has 3 N–H and O–H groups in total. The maximum absolute atomic E-state index is 12.8. The van der Waals surface area contributed by atoms with Crippen molar-refractivity contribution < 1.29 is 26.8 Å². The molecule has 0 radical (unpaired) electrons. The fourth-order valence-electron chi connectivity index (χ4n) is 4.75. The Hall–Kier alpha value is -1.43. The molecule has 0 aromatic rings. The van der Waals surface area contributed by atoms with E-state index in [4.69, 9.17) is 4.55 Å². The number of nitrogens with zero attached hydrogens (tertiary/aromatic N) is 2. The Balaban J connectivity index is 1.42. The Kier molecular flexibility index (Phi) is 4.58. The van der Waals surface area contributed by atoms with Gasteiger partial charge in [0.05, 0.1) is 6.04 Å². The zero-order valence-corrected chi connectivity index (χ0v) is 15.2. The first-order chi connectivity index (χ1) is 12.3. The van der Waals surface area contributed by atoms with Crippen LogP contribution in [0.5, 0.6) is 0 Å². The molecule has 1 aliphatic carbocycles. The van der Waals surface area contributed by atoms with E-state index in [0.717, 1.165) is 32.2 Å². The lowest BCUT2D eigenvalue weighted by atomic mass is 9.90. The van der Waals surface area contributed by atoms with Crippen LogP contribution in [0.15, 0.2) is 0 Å². The highest BCUT2D eigenvalue weighted by Crippen LogP contribution is 2.32. The molecule has 5 atom stereocenters. The number of fused-ring (bicyclic) bond motifs is 6. The summed E-state index contributed by atoms with van der Waals surface area (Å²) >= 11 is 0. The Bertz CT molecular complexity index is 696. The van der Waals surface area contributed by atoms with Crippen molar-refractivity contribution in [1.82, 2.24) is 20.6 Å². The third-order valence-corrected chi connectivity index (χ3v) is 6.38. The van der Waals surface area contributed by atoms with Crippen molar-refractivity contribution in [3.63, 3.8) is 0 Å². The Labute approximate surface area is 152 Å². The molecule has 5 aliphatic rings. The summed E-state index contributed by atoms with van der Waals surface area (Å²) in [5.74, 6) is 0.214. The largest absolute Gasteiger partial charge is 0.418 e. The van der Waals surface area contributed by atoms with Gasteiger partial charge in [0.25, 0.3) is 0 Å². The quantitative estimate of drug-likeness (QED) is 0.561. The first-order valence-electron chi connectivity index (χ1n) is 9.12. The second-order valence-corrected chi connectivity index (χ2v) is 8.66. The first-order valence-corrected chi connectivity index (χ1v) is 10.5. The Morgan fingerprint density at radius 2 is 2.08 bits per heavy atom. The fourth-order valence-corrected chi connectivity index (χ4v) is 5.14. The number of hydrogen-bond acceptors (Lipinski definition) is 6. The maximum Gasteiger partial charge on any atom is 0.418 e. The SMILES string of the molecule is O=C(NC1CC2CCCC1CN2)[C@@H]1CC[C@@H]2CN1C(=O)N2OS(=O)(=O)O. The van der Waals surface area contributed by atoms with Gasteiger partial charge in [0.1, 0.15) is 6.04 Å². The number of piperidine rings is 2. The van der Waals surface area contributed by atoms with Crippen LogP contribution in [0.4, 0.5) is 4.79 Å². The summed E-state index contributed by atoms with van der Waals surface area (Å²) in [5.41, 5.74) is 0. The monoisotopic (exact) mass is 388 g/mol. The molecule has 11 heteroatoms. The molecule has 4 saturated heterocycles. The average Bonchev–Trinajstić information content (AvgIpc) is 2.82. The summed E-state index contributed by atoms with van der Waals surface area (Å²) in [6, 6.07) is -1.27. The second kappa shape index (κ2) is 6.63. The molecular formula is C15H24N4O6S. The molecule has 3 unspecified atom stereocenters. The highest BCUT2D eigenvalue weighted by Gasteiger charge is 2.49. The van der Waals surface area contributed by atoms with Crippen molar-refractivity contribution in [2.45, 2.75) is 62.7 Å². The van der Waals surface area contributed by atoms with E-state index >= 15 is 0 Å². The van der Waals surface area contributed by atoms with E-state index in [9.17, 15) is 18.0 Å². The molecule has 10 nitrogen and oxygen atoms in total. The van der Waals surface area contributed by atoms with Gasteiger partial charge in [-0.1, -0.05) is 6.42 Å². The number of amides is 3. The van der Waals surface area contributed by atoms with E-state index in [1.165, 1.54) is 4.90 Å². The molecule has 4 aliphatic heterocycles. The minimum atomic E-state index is -4.78. The van der Waals surface area contributed by atoms with Crippen LogP contribution in [-0.2, 0) is 19.5 Å². The number of hydroxylamine groups is 2. The van der Waals surface area contributed by atoms with Gasteiger partial charge in [0, 0.05) is 25.2 Å². The third-order valence-electron chi connectivity index (χ3n) is 6.03. The second-order valence-electron chi connectivity index (χ2n) is 7.66. The van der Waals surface area contributed by atoms with Gasteiger partial charge in [-0.05, 0) is 38.0 Å². The average molecular weight is 388 g/mol. The summed E-state index contributed by atoms with van der Waals surface area (Å²) in [6.07, 6.45) is 5.14. The van der Waals surface area contributed by atoms with Gasteiger partial charge < -0.3 is 15.5 Å². The van der Waals surface area contributed by atoms with Crippen molar-refractivity contribution >= 4 is 22.3 Å². The zero-order chi connectivity index (χ0) is 18.5. The molecule has 0 aromatic carbocycles. The number of nitrogens with one attached hydrogen (secondary N) is 2. The summed E-state index contributed by atoms with van der Waals surface area (Å²) in [7, 11) is -4.78. The number of carbonyl (C=O) groups excluding carboxylic acids is 2. The van der Waals surface area contributed by atoms with Crippen LogP contribution in [-0.4, -0.2) is 72.1 Å². The summed E-state index contributed by atoms with van der Waals surface area (Å²) in [4.78, 5) is 26.6. The van der Waals surface area contributed by atoms with E-state index in [0.29, 0.717) is 29.9 Å². The van der Waals surface area contributed by atoms with Crippen molar-refractivity contribution in [1.29, 1.82) is 0 Å². The topological polar surface area (TPSA) is 128 Å². The maximum atomic E-state index is 12.8. The number of urea groups is 1. The van der Waals surface area contributed by atoms with Gasteiger partial charge in [-0.15, -0.1) is 4.28 Å². The number of carbonyl (C=O) groups is 2. The van der Waals surface area contributed by atoms with Gasteiger partial charge in [-0.2, -0.15) is 13.5 Å². The summed E-state index contributed by atoms with van der Waals surface area (Å²) < 4.78 is 35.1. The van der Waals surface area contributed by atoms with Gasteiger partial charge in [-0.3, -0.25) is 9.35 Å². The summed E-state index contributed by atoms with van der Waals surface area (Å²) in [6.45, 7) is 1.12. The van der Waals surface area contributed by atoms with Crippen molar-refractivity contribution in [2.24, 2.45) is 5.92 Å². The molecule has 146 valence electrons. The first kappa shape index (κ1) is 18.0. The molecule has 26 heavy (non-hydrogen) atoms. The molecular weight excluding hydrogens is 364 g/mol. The minimum Gasteiger partial charge on any atom is -0.351 e. The molecule has 5 fully saturated rings. The predicted molar refractivity (Wildman–Crippen MR) is 89.1 cm³/mol. The molecule has 5 rings (SSSR count). The predicted octanol–water partition coefficient (Wildman–Crippen LogP) is -0.364. The lowest BCUT2D eigenvalue weighted by Crippen LogP contribution is -2.57. The van der Waals surface area contributed by atoms with Gasteiger partial charge >= 0.3 is 16.4 Å². The van der Waals surface area contributed by atoms with Crippen LogP contribution >= 0.6 is 0 Å². The van der Waals surface area contributed by atoms with Gasteiger partial charge in [-0.25, -0.2) is 4.79 Å².